The van der Waals surface area contributed by atoms with Crippen molar-refractivity contribution in [2.75, 3.05) is 25.5 Å². The molecule has 7 heteroatoms. The Labute approximate surface area is 140 Å². The molecular weight excluding hydrogens is 312 g/mol. The lowest BCUT2D eigenvalue weighted by atomic mass is 10.1. The summed E-state index contributed by atoms with van der Waals surface area (Å²) in [5.41, 5.74) is 0.134. The number of amides is 2. The zero-order chi connectivity index (χ0) is 17.5. The van der Waals surface area contributed by atoms with Gasteiger partial charge < -0.3 is 20.1 Å². The van der Waals surface area contributed by atoms with Crippen molar-refractivity contribution < 1.29 is 24.2 Å². The van der Waals surface area contributed by atoms with E-state index in [4.69, 9.17) is 4.74 Å². The molecule has 0 saturated carbocycles. The Balaban J connectivity index is 2.06. The van der Waals surface area contributed by atoms with Gasteiger partial charge in [-0.15, -0.1) is 0 Å². The lowest BCUT2D eigenvalue weighted by Crippen LogP contribution is -2.39. The van der Waals surface area contributed by atoms with Crippen molar-refractivity contribution in [3.63, 3.8) is 0 Å². The van der Waals surface area contributed by atoms with E-state index in [1.807, 2.05) is 0 Å². The number of carbonyl (C=O) groups is 3. The molecule has 0 atom stereocenters. The topological polar surface area (TPSA) is 95.9 Å². The van der Waals surface area contributed by atoms with Gasteiger partial charge in [0.05, 0.1) is 24.9 Å². The number of rotatable bonds is 5. The van der Waals surface area contributed by atoms with Gasteiger partial charge in [0.1, 0.15) is 5.75 Å². The van der Waals surface area contributed by atoms with Crippen molar-refractivity contribution in [1.29, 1.82) is 0 Å². The zero-order valence-electron chi connectivity index (χ0n) is 13.7. The second-order valence-corrected chi connectivity index (χ2v) is 5.74. The fourth-order valence-electron chi connectivity index (χ4n) is 2.68. The fraction of sp³-hybridized carbons (Fsp3) is 0.471. The van der Waals surface area contributed by atoms with Gasteiger partial charge in [-0.25, -0.2) is 4.79 Å². The van der Waals surface area contributed by atoms with Crippen molar-refractivity contribution >= 4 is 23.5 Å². The Morgan fingerprint density at radius 2 is 2.00 bits per heavy atom. The lowest BCUT2D eigenvalue weighted by molar-refractivity contribution is -0.135. The van der Waals surface area contributed by atoms with E-state index < -0.39 is 11.9 Å². The third-order valence-electron chi connectivity index (χ3n) is 3.99. The quantitative estimate of drug-likeness (QED) is 0.860. The number of benzene rings is 1. The standard InChI is InChI=1S/C17H22N2O5/c1-24-12-7-8-14(13(10-12)17(22)23)18-15(20)11-19-9-5-3-2-4-6-16(19)21/h7-8,10H,2-6,9,11H2,1H3,(H,18,20)(H,22,23). The maximum Gasteiger partial charge on any atom is 0.337 e. The molecule has 1 aromatic rings. The number of likely N-dealkylation sites (tertiary alicyclic amines) is 1. The monoisotopic (exact) mass is 334 g/mol. The molecule has 7 nitrogen and oxygen atoms in total. The highest BCUT2D eigenvalue weighted by molar-refractivity contribution is 6.02. The van der Waals surface area contributed by atoms with E-state index in [1.165, 1.54) is 19.2 Å². The minimum absolute atomic E-state index is 0.0296. The van der Waals surface area contributed by atoms with Crippen LogP contribution in [0.15, 0.2) is 18.2 Å². The van der Waals surface area contributed by atoms with Gasteiger partial charge in [0.15, 0.2) is 0 Å². The molecule has 0 aliphatic carbocycles. The van der Waals surface area contributed by atoms with Gasteiger partial charge in [-0.2, -0.15) is 0 Å². The van der Waals surface area contributed by atoms with E-state index in [2.05, 4.69) is 5.32 Å². The van der Waals surface area contributed by atoms with Crippen LogP contribution in [0.2, 0.25) is 0 Å². The number of aromatic carboxylic acids is 1. The Morgan fingerprint density at radius 1 is 1.25 bits per heavy atom. The number of methoxy groups -OCH3 is 1. The van der Waals surface area contributed by atoms with E-state index in [0.29, 0.717) is 18.7 Å². The minimum Gasteiger partial charge on any atom is -0.497 e. The molecule has 0 bridgehead atoms. The summed E-state index contributed by atoms with van der Waals surface area (Å²) in [5.74, 6) is -1.20. The SMILES string of the molecule is COc1ccc(NC(=O)CN2CCCCCCC2=O)c(C(=O)O)c1. The van der Waals surface area contributed by atoms with E-state index in [1.54, 1.807) is 11.0 Å². The van der Waals surface area contributed by atoms with E-state index in [9.17, 15) is 19.5 Å². The van der Waals surface area contributed by atoms with Crippen molar-refractivity contribution in [3.8, 4) is 5.75 Å². The second-order valence-electron chi connectivity index (χ2n) is 5.74. The maximum atomic E-state index is 12.2. The van der Waals surface area contributed by atoms with Crippen LogP contribution in [0.25, 0.3) is 0 Å². The van der Waals surface area contributed by atoms with Crippen LogP contribution in [0.4, 0.5) is 5.69 Å². The second kappa shape index (κ2) is 8.33. The number of ether oxygens (including phenoxy) is 1. The summed E-state index contributed by atoms with van der Waals surface area (Å²) in [5, 5.41) is 11.8. The van der Waals surface area contributed by atoms with E-state index in [-0.39, 0.29) is 23.7 Å². The van der Waals surface area contributed by atoms with Gasteiger partial charge in [-0.1, -0.05) is 12.8 Å². The van der Waals surface area contributed by atoms with Crippen molar-refractivity contribution in [2.45, 2.75) is 32.1 Å². The highest BCUT2D eigenvalue weighted by Crippen LogP contribution is 2.22. The molecule has 0 spiro atoms. The molecule has 130 valence electrons. The van der Waals surface area contributed by atoms with Crippen LogP contribution in [0.3, 0.4) is 0 Å². The van der Waals surface area contributed by atoms with Gasteiger partial charge in [-0.05, 0) is 31.0 Å². The van der Waals surface area contributed by atoms with E-state index >= 15 is 0 Å². The summed E-state index contributed by atoms with van der Waals surface area (Å²) in [6, 6.07) is 4.40. The summed E-state index contributed by atoms with van der Waals surface area (Å²) >= 11 is 0. The summed E-state index contributed by atoms with van der Waals surface area (Å²) < 4.78 is 5.00. The first-order valence-corrected chi connectivity index (χ1v) is 8.00. The van der Waals surface area contributed by atoms with Gasteiger partial charge in [-0.3, -0.25) is 9.59 Å². The smallest absolute Gasteiger partial charge is 0.337 e. The zero-order valence-corrected chi connectivity index (χ0v) is 13.7. The van der Waals surface area contributed by atoms with Crippen molar-refractivity contribution in [1.82, 2.24) is 4.90 Å². The highest BCUT2D eigenvalue weighted by atomic mass is 16.5. The Hall–Kier alpha value is -2.57. The molecule has 1 saturated heterocycles. The Kier molecular flexibility index (Phi) is 6.17. The molecule has 2 N–H and O–H groups in total. The predicted molar refractivity (Wildman–Crippen MR) is 88.2 cm³/mol. The van der Waals surface area contributed by atoms with Crippen LogP contribution in [0, 0.1) is 0 Å². The number of nitrogens with zero attached hydrogens (tertiary/aromatic N) is 1. The summed E-state index contributed by atoms with van der Waals surface area (Å²) in [6.07, 6.45) is 4.27. The van der Waals surface area contributed by atoms with E-state index in [0.717, 1.165) is 25.7 Å². The molecule has 2 amide bonds. The van der Waals surface area contributed by atoms with Crippen molar-refractivity contribution in [3.05, 3.63) is 23.8 Å². The normalized spacial score (nSPS) is 15.4. The van der Waals surface area contributed by atoms with Crippen molar-refractivity contribution in [2.24, 2.45) is 0 Å². The van der Waals surface area contributed by atoms with Crippen LogP contribution in [-0.2, 0) is 9.59 Å². The molecule has 2 rings (SSSR count). The lowest BCUT2D eigenvalue weighted by Gasteiger charge is -2.24. The molecule has 1 aliphatic rings. The molecule has 1 aliphatic heterocycles. The molecular formula is C17H22N2O5. The Morgan fingerprint density at radius 3 is 2.71 bits per heavy atom. The molecule has 0 unspecified atom stereocenters. The average molecular weight is 334 g/mol. The first kappa shape index (κ1) is 17.8. The summed E-state index contributed by atoms with van der Waals surface area (Å²) in [7, 11) is 1.44. The average Bonchev–Trinajstić information content (AvgIpc) is 2.54. The molecule has 1 fully saturated rings. The maximum absolute atomic E-state index is 12.2. The Bertz CT molecular complexity index is 629. The van der Waals surface area contributed by atoms with Gasteiger partial charge in [0.25, 0.3) is 0 Å². The molecule has 0 aromatic heterocycles. The van der Waals surface area contributed by atoms with Gasteiger partial charge >= 0.3 is 5.97 Å². The van der Waals surface area contributed by atoms with Crippen LogP contribution < -0.4 is 10.1 Å². The molecule has 0 radical (unpaired) electrons. The third kappa shape index (κ3) is 4.71. The highest BCUT2D eigenvalue weighted by Gasteiger charge is 2.20. The summed E-state index contributed by atoms with van der Waals surface area (Å²) in [6.45, 7) is 0.491. The third-order valence-corrected chi connectivity index (χ3v) is 3.99. The van der Waals surface area contributed by atoms with Crippen LogP contribution >= 0.6 is 0 Å². The predicted octanol–water partition coefficient (Wildman–Crippen LogP) is 2.12. The van der Waals surface area contributed by atoms with Gasteiger partial charge in [0.2, 0.25) is 11.8 Å². The van der Waals surface area contributed by atoms with Crippen LogP contribution in [-0.4, -0.2) is 48.0 Å². The largest absolute Gasteiger partial charge is 0.497 e. The van der Waals surface area contributed by atoms with Gasteiger partial charge in [0, 0.05) is 13.0 Å². The number of hydrogen-bond donors (Lipinski definition) is 2. The number of nitrogens with one attached hydrogen (secondary N) is 1. The fourth-order valence-corrected chi connectivity index (χ4v) is 2.68. The number of carboxylic acids is 1. The molecule has 1 heterocycles. The van der Waals surface area contributed by atoms with Crippen LogP contribution in [0.1, 0.15) is 42.5 Å². The number of anilines is 1. The number of carbonyl (C=O) groups excluding carboxylic acids is 2. The first-order valence-electron chi connectivity index (χ1n) is 8.00. The minimum atomic E-state index is -1.16. The number of hydrogen-bond acceptors (Lipinski definition) is 4. The molecule has 24 heavy (non-hydrogen) atoms. The molecule has 1 aromatic carbocycles. The summed E-state index contributed by atoms with van der Waals surface area (Å²) in [4.78, 5) is 37.1. The first-order chi connectivity index (χ1) is 11.5. The number of carboxylic acid groups (broad SMARTS) is 1. The van der Waals surface area contributed by atoms with Crippen LogP contribution in [0.5, 0.6) is 5.75 Å².